The van der Waals surface area contributed by atoms with Crippen LogP contribution in [0.4, 0.5) is 0 Å². The van der Waals surface area contributed by atoms with Gasteiger partial charge < -0.3 is 14.8 Å². The fraction of sp³-hybridized carbons (Fsp3) is 0.444. The van der Waals surface area contributed by atoms with E-state index in [1.807, 2.05) is 29.7 Å². The SMILES string of the molecule is CCn1c(SCC(=O)N(C)CC(=O)NC2CC2)nnc1-c1cccc(Cl)c1. The van der Waals surface area contributed by atoms with Gasteiger partial charge in [-0.2, -0.15) is 0 Å². The van der Waals surface area contributed by atoms with Crippen LogP contribution in [-0.2, 0) is 16.1 Å². The molecule has 0 saturated heterocycles. The first-order valence-electron chi connectivity index (χ1n) is 8.83. The van der Waals surface area contributed by atoms with Crippen molar-refractivity contribution in [2.24, 2.45) is 0 Å². The number of carbonyl (C=O) groups excluding carboxylic acids is 2. The lowest BCUT2D eigenvalue weighted by Gasteiger charge is -2.16. The first-order valence-corrected chi connectivity index (χ1v) is 10.2. The smallest absolute Gasteiger partial charge is 0.239 e. The third-order valence-electron chi connectivity index (χ3n) is 4.19. The molecule has 0 bridgehead atoms. The molecule has 3 rings (SSSR count). The van der Waals surface area contributed by atoms with E-state index < -0.39 is 0 Å². The Balaban J connectivity index is 1.60. The Morgan fingerprint density at radius 1 is 1.37 bits per heavy atom. The number of nitrogens with one attached hydrogen (secondary N) is 1. The molecule has 1 N–H and O–H groups in total. The Kier molecular flexibility index (Phi) is 6.38. The Bertz CT molecular complexity index is 837. The van der Waals surface area contributed by atoms with Crippen LogP contribution >= 0.6 is 23.4 Å². The third kappa shape index (κ3) is 5.23. The quantitative estimate of drug-likeness (QED) is 0.680. The van der Waals surface area contributed by atoms with Crippen molar-refractivity contribution in [1.29, 1.82) is 0 Å². The Hall–Kier alpha value is -2.06. The first kappa shape index (κ1) is 19.7. The first-order chi connectivity index (χ1) is 13.0. The minimum absolute atomic E-state index is 0.0735. The summed E-state index contributed by atoms with van der Waals surface area (Å²) in [5, 5.41) is 12.6. The third-order valence-corrected chi connectivity index (χ3v) is 5.38. The van der Waals surface area contributed by atoms with Crippen LogP contribution < -0.4 is 5.32 Å². The molecule has 2 aromatic rings. The summed E-state index contributed by atoms with van der Waals surface area (Å²) in [5.74, 6) is 0.673. The summed E-state index contributed by atoms with van der Waals surface area (Å²) in [5.41, 5.74) is 0.879. The minimum atomic E-state index is -0.124. The van der Waals surface area contributed by atoms with Gasteiger partial charge >= 0.3 is 0 Å². The van der Waals surface area contributed by atoms with Gasteiger partial charge in [-0.1, -0.05) is 35.5 Å². The zero-order valence-corrected chi connectivity index (χ0v) is 16.9. The molecule has 0 spiro atoms. The molecular weight excluding hydrogens is 386 g/mol. The maximum Gasteiger partial charge on any atom is 0.239 e. The molecule has 0 unspecified atom stereocenters. The highest BCUT2D eigenvalue weighted by molar-refractivity contribution is 7.99. The van der Waals surface area contributed by atoms with E-state index in [0.717, 1.165) is 18.4 Å². The van der Waals surface area contributed by atoms with Gasteiger partial charge in [0.25, 0.3) is 0 Å². The van der Waals surface area contributed by atoms with Crippen LogP contribution in [0.1, 0.15) is 19.8 Å². The van der Waals surface area contributed by atoms with Crippen LogP contribution in [0, 0.1) is 0 Å². The predicted octanol–water partition coefficient (Wildman–Crippen LogP) is 2.45. The highest BCUT2D eigenvalue weighted by atomic mass is 35.5. The molecule has 7 nitrogen and oxygen atoms in total. The molecular formula is C18H22ClN5O2S. The number of hydrogen-bond acceptors (Lipinski definition) is 5. The van der Waals surface area contributed by atoms with E-state index in [1.165, 1.54) is 16.7 Å². The standard InChI is InChI=1S/C18H22ClN5O2S/c1-3-24-17(12-5-4-6-13(19)9-12)21-22-18(24)27-11-16(26)23(2)10-15(25)20-14-7-8-14/h4-6,9,14H,3,7-8,10-11H2,1-2H3,(H,20,25). The number of likely N-dealkylation sites (N-methyl/N-ethyl adjacent to an activating group) is 1. The van der Waals surface area contributed by atoms with E-state index in [0.29, 0.717) is 28.6 Å². The molecule has 27 heavy (non-hydrogen) atoms. The number of benzene rings is 1. The van der Waals surface area contributed by atoms with Crippen LogP contribution in [0.15, 0.2) is 29.4 Å². The lowest BCUT2D eigenvalue weighted by Crippen LogP contribution is -2.39. The van der Waals surface area contributed by atoms with Gasteiger partial charge in [-0.15, -0.1) is 10.2 Å². The molecule has 144 valence electrons. The lowest BCUT2D eigenvalue weighted by molar-refractivity contribution is -0.132. The molecule has 1 aliphatic rings. The normalized spacial score (nSPS) is 13.4. The maximum absolute atomic E-state index is 12.3. The van der Waals surface area contributed by atoms with Crippen molar-refractivity contribution in [3.8, 4) is 11.4 Å². The number of carbonyl (C=O) groups is 2. The molecule has 2 amide bonds. The van der Waals surface area contributed by atoms with Gasteiger partial charge in [-0.25, -0.2) is 0 Å². The molecule has 1 aromatic heterocycles. The van der Waals surface area contributed by atoms with Gasteiger partial charge in [0.2, 0.25) is 11.8 Å². The molecule has 1 aliphatic carbocycles. The average Bonchev–Trinajstić information content (AvgIpc) is 3.35. The zero-order valence-electron chi connectivity index (χ0n) is 15.3. The van der Waals surface area contributed by atoms with E-state index in [9.17, 15) is 9.59 Å². The zero-order chi connectivity index (χ0) is 19.4. The van der Waals surface area contributed by atoms with Crippen molar-refractivity contribution in [1.82, 2.24) is 25.0 Å². The van der Waals surface area contributed by atoms with Crippen LogP contribution in [0.3, 0.4) is 0 Å². The number of thioether (sulfide) groups is 1. The second-order valence-corrected chi connectivity index (χ2v) is 7.82. The number of amides is 2. The summed E-state index contributed by atoms with van der Waals surface area (Å²) >= 11 is 7.38. The molecule has 1 saturated carbocycles. The number of rotatable bonds is 8. The van der Waals surface area contributed by atoms with E-state index in [4.69, 9.17) is 11.6 Å². The Morgan fingerprint density at radius 3 is 2.81 bits per heavy atom. The highest BCUT2D eigenvalue weighted by Gasteiger charge is 2.24. The van der Waals surface area contributed by atoms with Crippen molar-refractivity contribution in [2.75, 3.05) is 19.3 Å². The monoisotopic (exact) mass is 407 g/mol. The van der Waals surface area contributed by atoms with Crippen LogP contribution in [0.5, 0.6) is 0 Å². The molecule has 0 radical (unpaired) electrons. The molecule has 0 aliphatic heterocycles. The number of halogens is 1. The summed E-state index contributed by atoms with van der Waals surface area (Å²) in [6.07, 6.45) is 2.06. The van der Waals surface area contributed by atoms with Crippen LogP contribution in [0.2, 0.25) is 5.02 Å². The van der Waals surface area contributed by atoms with Crippen molar-refractivity contribution in [3.63, 3.8) is 0 Å². The van der Waals surface area contributed by atoms with Gasteiger partial charge in [0.15, 0.2) is 11.0 Å². The van der Waals surface area contributed by atoms with E-state index in [2.05, 4.69) is 15.5 Å². The average molecular weight is 408 g/mol. The largest absolute Gasteiger partial charge is 0.352 e. The molecule has 1 heterocycles. The Labute approximate surface area is 167 Å². The summed E-state index contributed by atoms with van der Waals surface area (Å²) in [6, 6.07) is 7.73. The van der Waals surface area contributed by atoms with Gasteiger partial charge in [0.1, 0.15) is 0 Å². The van der Waals surface area contributed by atoms with Crippen LogP contribution in [-0.4, -0.2) is 56.9 Å². The topological polar surface area (TPSA) is 80.1 Å². The fourth-order valence-corrected chi connectivity index (χ4v) is 3.70. The van der Waals surface area contributed by atoms with Crippen molar-refractivity contribution >= 4 is 35.2 Å². The van der Waals surface area contributed by atoms with Gasteiger partial charge in [0, 0.05) is 30.2 Å². The number of aromatic nitrogens is 3. The summed E-state index contributed by atoms with van der Waals surface area (Å²) in [6.45, 7) is 2.74. The van der Waals surface area contributed by atoms with E-state index >= 15 is 0 Å². The van der Waals surface area contributed by atoms with Crippen LogP contribution in [0.25, 0.3) is 11.4 Å². The maximum atomic E-state index is 12.3. The number of nitrogens with zero attached hydrogens (tertiary/aromatic N) is 4. The van der Waals surface area contributed by atoms with Crippen molar-refractivity contribution in [2.45, 2.75) is 37.5 Å². The van der Waals surface area contributed by atoms with E-state index in [-0.39, 0.29) is 24.1 Å². The second-order valence-electron chi connectivity index (χ2n) is 6.44. The number of hydrogen-bond donors (Lipinski definition) is 1. The second kappa shape index (κ2) is 8.75. The fourth-order valence-electron chi connectivity index (χ4n) is 2.56. The highest BCUT2D eigenvalue weighted by Crippen LogP contribution is 2.26. The summed E-state index contributed by atoms with van der Waals surface area (Å²) in [4.78, 5) is 25.6. The molecule has 0 atom stereocenters. The van der Waals surface area contributed by atoms with Crippen molar-refractivity contribution in [3.05, 3.63) is 29.3 Å². The Morgan fingerprint density at radius 2 is 2.15 bits per heavy atom. The van der Waals surface area contributed by atoms with Gasteiger partial charge in [-0.05, 0) is 31.9 Å². The van der Waals surface area contributed by atoms with Gasteiger partial charge in [0.05, 0.1) is 12.3 Å². The lowest BCUT2D eigenvalue weighted by atomic mass is 10.2. The van der Waals surface area contributed by atoms with Gasteiger partial charge in [-0.3, -0.25) is 9.59 Å². The molecule has 9 heteroatoms. The molecule has 1 aromatic carbocycles. The summed E-state index contributed by atoms with van der Waals surface area (Å²) in [7, 11) is 1.64. The summed E-state index contributed by atoms with van der Waals surface area (Å²) < 4.78 is 1.95. The predicted molar refractivity (Wildman–Crippen MR) is 106 cm³/mol. The molecule has 1 fully saturated rings. The van der Waals surface area contributed by atoms with E-state index in [1.54, 1.807) is 13.1 Å². The van der Waals surface area contributed by atoms with Crippen molar-refractivity contribution < 1.29 is 9.59 Å². The minimum Gasteiger partial charge on any atom is -0.352 e.